The molecule has 1 N–H and O–H groups in total. The van der Waals surface area contributed by atoms with Gasteiger partial charge < -0.3 is 5.11 Å². The summed E-state index contributed by atoms with van der Waals surface area (Å²) in [6.45, 7) is 5.64. The number of rotatable bonds is 9. The Bertz CT molecular complexity index is 578. The Hall–Kier alpha value is -1.86. The quantitative estimate of drug-likeness (QED) is 0.474. The van der Waals surface area contributed by atoms with Gasteiger partial charge >= 0.3 is 0 Å². The second kappa shape index (κ2) is 9.32. The molecule has 1 atom stereocenters. The molecule has 0 fully saturated rings. The number of hydrogen-bond donors (Lipinski definition) is 1. The lowest BCUT2D eigenvalue weighted by atomic mass is 9.99. The van der Waals surface area contributed by atoms with Crippen LogP contribution in [0.4, 0.5) is 0 Å². The van der Waals surface area contributed by atoms with E-state index in [1.807, 2.05) is 13.0 Å². The Morgan fingerprint density at radius 2 is 1.43 bits per heavy atom. The predicted octanol–water partition coefficient (Wildman–Crippen LogP) is 5.57. The van der Waals surface area contributed by atoms with E-state index in [0.29, 0.717) is 0 Å². The van der Waals surface area contributed by atoms with E-state index in [-0.39, 0.29) is 6.10 Å². The molecule has 0 saturated carbocycles. The number of benzene rings is 2. The molecule has 0 aliphatic rings. The SMILES string of the molecule is C=CCc1ccc(-c2ccc(CCCCCC(C)O)cc2)cc1. The second-order valence-electron chi connectivity index (χ2n) is 6.34. The van der Waals surface area contributed by atoms with Gasteiger partial charge in [-0.15, -0.1) is 6.58 Å². The van der Waals surface area contributed by atoms with E-state index in [0.717, 1.165) is 25.7 Å². The van der Waals surface area contributed by atoms with Crippen molar-refractivity contribution in [3.05, 3.63) is 72.3 Å². The first-order chi connectivity index (χ1) is 11.2. The van der Waals surface area contributed by atoms with Crippen LogP contribution in [0.25, 0.3) is 11.1 Å². The van der Waals surface area contributed by atoms with E-state index in [1.165, 1.54) is 35.1 Å². The Morgan fingerprint density at radius 1 is 0.870 bits per heavy atom. The minimum absolute atomic E-state index is 0.160. The molecule has 0 heterocycles. The van der Waals surface area contributed by atoms with Gasteiger partial charge in [-0.05, 0) is 54.9 Å². The summed E-state index contributed by atoms with van der Waals surface area (Å²) in [4.78, 5) is 0. The van der Waals surface area contributed by atoms with Crippen molar-refractivity contribution in [3.63, 3.8) is 0 Å². The number of hydrogen-bond acceptors (Lipinski definition) is 1. The average molecular weight is 308 g/mol. The third kappa shape index (κ3) is 6.03. The fraction of sp³-hybridized carbons (Fsp3) is 0.364. The molecule has 1 heteroatoms. The van der Waals surface area contributed by atoms with E-state index in [2.05, 4.69) is 55.1 Å². The van der Waals surface area contributed by atoms with E-state index >= 15 is 0 Å². The van der Waals surface area contributed by atoms with Crippen molar-refractivity contribution < 1.29 is 5.11 Å². The van der Waals surface area contributed by atoms with Crippen LogP contribution in [0.15, 0.2) is 61.2 Å². The number of aliphatic hydroxyl groups excluding tert-OH is 1. The molecule has 2 aromatic rings. The molecule has 1 nitrogen and oxygen atoms in total. The summed E-state index contributed by atoms with van der Waals surface area (Å²) in [5.74, 6) is 0. The third-order valence-corrected chi connectivity index (χ3v) is 4.21. The number of aryl methyl sites for hydroxylation is 1. The molecule has 0 aliphatic carbocycles. The molecule has 0 bridgehead atoms. The van der Waals surface area contributed by atoms with Crippen LogP contribution >= 0.6 is 0 Å². The lowest BCUT2D eigenvalue weighted by Crippen LogP contribution is -1.98. The zero-order valence-corrected chi connectivity index (χ0v) is 14.2. The lowest BCUT2D eigenvalue weighted by Gasteiger charge is -2.06. The number of unbranched alkanes of at least 4 members (excludes halogenated alkanes) is 2. The maximum Gasteiger partial charge on any atom is 0.0512 e. The Balaban J connectivity index is 1.85. The van der Waals surface area contributed by atoms with E-state index in [9.17, 15) is 5.11 Å². The van der Waals surface area contributed by atoms with E-state index in [4.69, 9.17) is 0 Å². The largest absolute Gasteiger partial charge is 0.393 e. The molecule has 0 aliphatic heterocycles. The topological polar surface area (TPSA) is 20.2 Å². The number of aliphatic hydroxyl groups is 1. The first kappa shape index (κ1) is 17.5. The first-order valence-corrected chi connectivity index (χ1v) is 8.66. The van der Waals surface area contributed by atoms with Gasteiger partial charge in [-0.1, -0.05) is 67.4 Å². The third-order valence-electron chi connectivity index (χ3n) is 4.21. The number of allylic oxidation sites excluding steroid dienone is 1. The van der Waals surface area contributed by atoms with Gasteiger partial charge in [0, 0.05) is 0 Å². The second-order valence-corrected chi connectivity index (χ2v) is 6.34. The summed E-state index contributed by atoms with van der Waals surface area (Å²) in [6, 6.07) is 17.6. The predicted molar refractivity (Wildman–Crippen MR) is 99.6 cm³/mol. The van der Waals surface area contributed by atoms with Crippen molar-refractivity contribution >= 4 is 0 Å². The van der Waals surface area contributed by atoms with Gasteiger partial charge in [0.15, 0.2) is 0 Å². The van der Waals surface area contributed by atoms with Crippen molar-refractivity contribution in [2.75, 3.05) is 0 Å². The molecule has 2 aromatic carbocycles. The van der Waals surface area contributed by atoms with Crippen LogP contribution in [0, 0.1) is 0 Å². The van der Waals surface area contributed by atoms with Crippen LogP contribution < -0.4 is 0 Å². The van der Waals surface area contributed by atoms with Crippen LogP contribution in [-0.2, 0) is 12.8 Å². The highest BCUT2D eigenvalue weighted by Crippen LogP contribution is 2.21. The van der Waals surface area contributed by atoms with Crippen LogP contribution in [0.1, 0.15) is 43.7 Å². The lowest BCUT2D eigenvalue weighted by molar-refractivity contribution is 0.180. The molecule has 2 rings (SSSR count). The van der Waals surface area contributed by atoms with Crippen LogP contribution in [0.5, 0.6) is 0 Å². The molecule has 0 aromatic heterocycles. The standard InChI is InChI=1S/C22H28O/c1-3-7-19-10-14-21(15-11-19)22-16-12-20(13-17-22)9-6-4-5-8-18(2)23/h3,10-18,23H,1,4-9H2,2H3. The summed E-state index contributed by atoms with van der Waals surface area (Å²) in [5.41, 5.74) is 5.24. The van der Waals surface area contributed by atoms with Gasteiger partial charge in [-0.3, -0.25) is 0 Å². The molecule has 0 radical (unpaired) electrons. The van der Waals surface area contributed by atoms with Gasteiger partial charge in [-0.25, -0.2) is 0 Å². The van der Waals surface area contributed by atoms with Gasteiger partial charge in [0.05, 0.1) is 6.10 Å². The minimum atomic E-state index is -0.160. The summed E-state index contributed by atoms with van der Waals surface area (Å²) in [5, 5.41) is 9.25. The zero-order chi connectivity index (χ0) is 16.5. The summed E-state index contributed by atoms with van der Waals surface area (Å²) >= 11 is 0. The first-order valence-electron chi connectivity index (χ1n) is 8.66. The van der Waals surface area contributed by atoms with Crippen molar-refractivity contribution in [1.29, 1.82) is 0 Å². The van der Waals surface area contributed by atoms with Crippen molar-refractivity contribution in [2.24, 2.45) is 0 Å². The highest BCUT2D eigenvalue weighted by Gasteiger charge is 2.00. The van der Waals surface area contributed by atoms with Gasteiger partial charge in [0.1, 0.15) is 0 Å². The molecule has 122 valence electrons. The highest BCUT2D eigenvalue weighted by molar-refractivity contribution is 5.64. The molecule has 0 amide bonds. The van der Waals surface area contributed by atoms with Crippen LogP contribution in [0.3, 0.4) is 0 Å². The Morgan fingerprint density at radius 3 is 1.96 bits per heavy atom. The van der Waals surface area contributed by atoms with E-state index < -0.39 is 0 Å². The fourth-order valence-electron chi connectivity index (χ4n) is 2.81. The average Bonchev–Trinajstić information content (AvgIpc) is 2.56. The smallest absolute Gasteiger partial charge is 0.0512 e. The zero-order valence-electron chi connectivity index (χ0n) is 14.2. The van der Waals surface area contributed by atoms with Crippen LogP contribution in [-0.4, -0.2) is 11.2 Å². The summed E-state index contributed by atoms with van der Waals surface area (Å²) < 4.78 is 0. The maximum absolute atomic E-state index is 9.25. The summed E-state index contributed by atoms with van der Waals surface area (Å²) in [7, 11) is 0. The van der Waals surface area contributed by atoms with Crippen molar-refractivity contribution in [2.45, 2.75) is 51.6 Å². The Kier molecular flexibility index (Phi) is 7.09. The van der Waals surface area contributed by atoms with E-state index in [1.54, 1.807) is 0 Å². The van der Waals surface area contributed by atoms with Crippen LogP contribution in [0.2, 0.25) is 0 Å². The molecular weight excluding hydrogens is 280 g/mol. The van der Waals surface area contributed by atoms with Gasteiger partial charge in [0.2, 0.25) is 0 Å². The normalized spacial score (nSPS) is 12.1. The van der Waals surface area contributed by atoms with Gasteiger partial charge in [0.25, 0.3) is 0 Å². The molecule has 0 spiro atoms. The molecular formula is C22H28O. The monoisotopic (exact) mass is 308 g/mol. The van der Waals surface area contributed by atoms with Crippen molar-refractivity contribution in [3.8, 4) is 11.1 Å². The fourth-order valence-corrected chi connectivity index (χ4v) is 2.81. The minimum Gasteiger partial charge on any atom is -0.393 e. The van der Waals surface area contributed by atoms with Gasteiger partial charge in [-0.2, -0.15) is 0 Å². The highest BCUT2D eigenvalue weighted by atomic mass is 16.3. The maximum atomic E-state index is 9.25. The molecule has 0 saturated heterocycles. The summed E-state index contributed by atoms with van der Waals surface area (Å²) in [6.07, 6.45) is 8.25. The Labute approximate surface area is 140 Å². The molecule has 23 heavy (non-hydrogen) atoms. The molecule has 1 unspecified atom stereocenters. The van der Waals surface area contributed by atoms with Crippen molar-refractivity contribution in [1.82, 2.24) is 0 Å².